The minimum absolute atomic E-state index is 0.0279. The van der Waals surface area contributed by atoms with Crippen LogP contribution in [0.3, 0.4) is 0 Å². The van der Waals surface area contributed by atoms with Gasteiger partial charge in [0.25, 0.3) is 0 Å². The molecule has 0 bridgehead atoms. The highest BCUT2D eigenvalue weighted by Crippen LogP contribution is 2.31. The highest BCUT2D eigenvalue weighted by molar-refractivity contribution is 7.88. The van der Waals surface area contributed by atoms with Gasteiger partial charge in [0.05, 0.1) is 19.5 Å². The number of likely N-dealkylation sites (tertiary alicyclic amines) is 1. The normalized spacial score (nSPS) is 24.9. The number of hydrogen-bond acceptors (Lipinski definition) is 5. The summed E-state index contributed by atoms with van der Waals surface area (Å²) in [4.78, 5) is 14.4. The molecule has 8 heteroatoms. The number of hydrogen-bond donors (Lipinski definition) is 0. The number of carbonyl (C=O) groups excluding carboxylic acids is 1. The summed E-state index contributed by atoms with van der Waals surface area (Å²) >= 11 is 0. The van der Waals surface area contributed by atoms with Gasteiger partial charge in [-0.2, -0.15) is 4.31 Å². The molecule has 2 aliphatic heterocycles. The number of rotatable bonds is 5. The number of ether oxygens (including phenoxy) is 2. The van der Waals surface area contributed by atoms with Crippen molar-refractivity contribution in [2.45, 2.75) is 69.6 Å². The molecule has 0 radical (unpaired) electrons. The Labute approximate surface area is 157 Å². The molecule has 0 aromatic heterocycles. The van der Waals surface area contributed by atoms with Gasteiger partial charge in [-0.3, -0.25) is 4.79 Å². The third-order valence-corrected chi connectivity index (χ3v) is 7.23. The number of amides is 1. The lowest BCUT2D eigenvalue weighted by Crippen LogP contribution is -2.48. The second kappa shape index (κ2) is 8.54. The molecule has 1 amide bonds. The zero-order valence-electron chi connectivity index (χ0n) is 15.8. The van der Waals surface area contributed by atoms with E-state index in [0.717, 1.165) is 25.7 Å². The van der Waals surface area contributed by atoms with E-state index in [4.69, 9.17) is 9.47 Å². The molecule has 3 fully saturated rings. The van der Waals surface area contributed by atoms with Crippen molar-refractivity contribution in [3.05, 3.63) is 0 Å². The minimum Gasteiger partial charge on any atom is -0.347 e. The maximum atomic E-state index is 12.6. The van der Waals surface area contributed by atoms with Crippen LogP contribution in [0.1, 0.15) is 57.8 Å². The third-order valence-electron chi connectivity index (χ3n) is 5.90. The van der Waals surface area contributed by atoms with Crippen molar-refractivity contribution < 1.29 is 22.7 Å². The van der Waals surface area contributed by atoms with Gasteiger partial charge in [0.1, 0.15) is 0 Å². The van der Waals surface area contributed by atoms with Crippen molar-refractivity contribution in [3.63, 3.8) is 0 Å². The van der Waals surface area contributed by atoms with Crippen LogP contribution in [-0.4, -0.2) is 74.5 Å². The van der Waals surface area contributed by atoms with Crippen LogP contribution in [0.25, 0.3) is 0 Å². The van der Waals surface area contributed by atoms with Gasteiger partial charge in [-0.15, -0.1) is 0 Å². The summed E-state index contributed by atoms with van der Waals surface area (Å²) < 4.78 is 37.5. The summed E-state index contributed by atoms with van der Waals surface area (Å²) in [5, 5.41) is 0. The highest BCUT2D eigenvalue weighted by atomic mass is 32.2. The lowest BCUT2D eigenvalue weighted by molar-refractivity contribution is -0.187. The maximum Gasteiger partial charge on any atom is 0.223 e. The first-order chi connectivity index (χ1) is 12.4. The van der Waals surface area contributed by atoms with E-state index < -0.39 is 15.8 Å². The molecule has 26 heavy (non-hydrogen) atoms. The van der Waals surface area contributed by atoms with Crippen LogP contribution in [0.4, 0.5) is 0 Å². The average molecular weight is 389 g/mol. The first-order valence-corrected chi connectivity index (χ1v) is 11.8. The molecule has 0 N–H and O–H groups in total. The minimum atomic E-state index is -3.30. The summed E-state index contributed by atoms with van der Waals surface area (Å²) in [5.74, 6) is -0.462. The second-order valence-corrected chi connectivity index (χ2v) is 9.69. The summed E-state index contributed by atoms with van der Waals surface area (Å²) in [5.41, 5.74) is 0. The lowest BCUT2D eigenvalue weighted by atomic mass is 10.0. The average Bonchev–Trinajstić information content (AvgIpc) is 2.88. The Kier molecular flexibility index (Phi) is 6.59. The lowest BCUT2D eigenvalue weighted by Gasteiger charge is -2.38. The summed E-state index contributed by atoms with van der Waals surface area (Å²) in [6.45, 7) is 2.76. The fraction of sp³-hybridized carbons (Fsp3) is 0.944. The molecule has 1 spiro atoms. The topological polar surface area (TPSA) is 76.2 Å². The molecule has 150 valence electrons. The van der Waals surface area contributed by atoms with Crippen LogP contribution in [0.2, 0.25) is 0 Å². The summed E-state index contributed by atoms with van der Waals surface area (Å²) in [6, 6.07) is 0.0465. The molecule has 2 heterocycles. The van der Waals surface area contributed by atoms with Crippen LogP contribution in [0.5, 0.6) is 0 Å². The smallest absolute Gasteiger partial charge is 0.223 e. The Morgan fingerprint density at radius 2 is 1.65 bits per heavy atom. The Morgan fingerprint density at radius 1 is 1.08 bits per heavy atom. The number of sulfonamides is 1. The second-order valence-electron chi connectivity index (χ2n) is 7.76. The first-order valence-electron chi connectivity index (χ1n) is 9.92. The quantitative estimate of drug-likeness (QED) is 0.671. The molecule has 7 nitrogen and oxygen atoms in total. The molecular weight excluding hydrogens is 356 g/mol. The molecule has 3 aliphatic rings. The molecule has 0 unspecified atom stereocenters. The summed E-state index contributed by atoms with van der Waals surface area (Å²) in [7, 11) is -3.30. The molecule has 0 atom stereocenters. The molecular formula is C18H32N2O5S. The monoisotopic (exact) mass is 388 g/mol. The van der Waals surface area contributed by atoms with Crippen LogP contribution in [0, 0.1) is 0 Å². The third kappa shape index (κ3) is 4.97. The first kappa shape index (κ1) is 20.0. The standard InChI is InChI=1S/C18H32N2O5S/c1-26(22,23)20(16-6-4-2-3-5-7-16)11-8-17(21)19-12-9-18(10-13-19)24-14-15-25-18/h16H,2-15H2,1H3. The Hall–Kier alpha value is -0.700. The molecule has 1 aliphatic carbocycles. The van der Waals surface area contributed by atoms with E-state index in [1.165, 1.54) is 19.1 Å². The highest BCUT2D eigenvalue weighted by Gasteiger charge is 2.40. The van der Waals surface area contributed by atoms with Gasteiger partial charge in [0.15, 0.2) is 5.79 Å². The molecule has 0 aromatic rings. The van der Waals surface area contributed by atoms with Crippen LogP contribution >= 0.6 is 0 Å². The maximum absolute atomic E-state index is 12.6. The Bertz CT molecular complexity index is 570. The van der Waals surface area contributed by atoms with Crippen LogP contribution in [-0.2, 0) is 24.3 Å². The van der Waals surface area contributed by atoms with E-state index in [-0.39, 0.29) is 24.9 Å². The zero-order valence-corrected chi connectivity index (χ0v) is 16.6. The van der Waals surface area contributed by atoms with Crippen molar-refractivity contribution in [2.24, 2.45) is 0 Å². The van der Waals surface area contributed by atoms with E-state index in [2.05, 4.69) is 0 Å². The molecule has 1 saturated carbocycles. The van der Waals surface area contributed by atoms with Gasteiger partial charge < -0.3 is 14.4 Å². The largest absolute Gasteiger partial charge is 0.347 e. The van der Waals surface area contributed by atoms with Crippen molar-refractivity contribution in [1.82, 2.24) is 9.21 Å². The van der Waals surface area contributed by atoms with Crippen molar-refractivity contribution in [2.75, 3.05) is 39.1 Å². The fourth-order valence-electron chi connectivity index (χ4n) is 4.41. The van der Waals surface area contributed by atoms with E-state index >= 15 is 0 Å². The summed E-state index contributed by atoms with van der Waals surface area (Å²) in [6.07, 6.45) is 9.19. The van der Waals surface area contributed by atoms with Gasteiger partial charge in [0.2, 0.25) is 15.9 Å². The van der Waals surface area contributed by atoms with Crippen molar-refractivity contribution >= 4 is 15.9 Å². The Morgan fingerprint density at radius 3 is 2.19 bits per heavy atom. The van der Waals surface area contributed by atoms with Gasteiger partial charge in [0, 0.05) is 44.9 Å². The van der Waals surface area contributed by atoms with Gasteiger partial charge in [-0.1, -0.05) is 25.7 Å². The van der Waals surface area contributed by atoms with E-state index in [1.807, 2.05) is 4.90 Å². The van der Waals surface area contributed by atoms with Crippen molar-refractivity contribution in [3.8, 4) is 0 Å². The SMILES string of the molecule is CS(=O)(=O)N(CCC(=O)N1CCC2(CC1)OCCO2)C1CCCCCC1. The molecule has 3 rings (SSSR count). The number of carbonyl (C=O) groups is 1. The number of piperidine rings is 1. The Balaban J connectivity index is 1.52. The molecule has 0 aromatic carbocycles. The number of nitrogens with zero attached hydrogens (tertiary/aromatic N) is 2. The van der Waals surface area contributed by atoms with Gasteiger partial charge >= 0.3 is 0 Å². The van der Waals surface area contributed by atoms with Gasteiger partial charge in [-0.05, 0) is 12.8 Å². The van der Waals surface area contributed by atoms with Crippen molar-refractivity contribution in [1.29, 1.82) is 0 Å². The van der Waals surface area contributed by atoms with Crippen LogP contribution < -0.4 is 0 Å². The predicted octanol–water partition coefficient (Wildman–Crippen LogP) is 1.73. The van der Waals surface area contributed by atoms with Gasteiger partial charge in [-0.25, -0.2) is 8.42 Å². The zero-order chi connectivity index (χ0) is 18.6. The predicted molar refractivity (Wildman–Crippen MR) is 98.1 cm³/mol. The van der Waals surface area contributed by atoms with Crippen LogP contribution in [0.15, 0.2) is 0 Å². The van der Waals surface area contributed by atoms with E-state index in [1.54, 1.807) is 4.31 Å². The fourth-order valence-corrected chi connectivity index (χ4v) is 5.59. The van der Waals surface area contributed by atoms with E-state index in [0.29, 0.717) is 39.1 Å². The van der Waals surface area contributed by atoms with E-state index in [9.17, 15) is 13.2 Å². The molecule has 2 saturated heterocycles.